The summed E-state index contributed by atoms with van der Waals surface area (Å²) in [5.74, 6) is 5.92. The van der Waals surface area contributed by atoms with Gasteiger partial charge in [-0.3, -0.25) is 4.98 Å². The summed E-state index contributed by atoms with van der Waals surface area (Å²) in [7, 11) is 0. The van der Waals surface area contributed by atoms with Gasteiger partial charge in [0.1, 0.15) is 0 Å². The predicted octanol–water partition coefficient (Wildman–Crippen LogP) is 7.52. The van der Waals surface area contributed by atoms with Gasteiger partial charge in [0.25, 0.3) is 0 Å². The lowest BCUT2D eigenvalue weighted by Gasteiger charge is -2.56. The molecule has 1 heterocycles. The number of hydrogen-bond donors (Lipinski definition) is 0. The SMILES string of the molecule is C[C@H]1CC[C@H]2[C@@H](CC[C@@H]3[C@@H]2CC[C@]2(C)C(c4cccc5cnccc45)=CC[C@@H]32)C1. The average Bonchev–Trinajstić information content (AvgIpc) is 3.10. The minimum atomic E-state index is 0.369. The van der Waals surface area contributed by atoms with E-state index in [9.17, 15) is 0 Å². The molecule has 0 unspecified atom stereocenters. The van der Waals surface area contributed by atoms with Gasteiger partial charge in [0.2, 0.25) is 0 Å². The van der Waals surface area contributed by atoms with Crippen molar-refractivity contribution in [2.45, 2.75) is 65.2 Å². The summed E-state index contributed by atoms with van der Waals surface area (Å²) in [5, 5.41) is 2.67. The molecule has 3 saturated carbocycles. The molecule has 1 nitrogen and oxygen atoms in total. The maximum Gasteiger partial charge on any atom is 0.0346 e. The predicted molar refractivity (Wildman–Crippen MR) is 121 cm³/mol. The van der Waals surface area contributed by atoms with Crippen LogP contribution in [-0.4, -0.2) is 4.98 Å². The molecule has 4 aliphatic carbocycles. The number of nitrogens with zero attached hydrogens (tertiary/aromatic N) is 1. The Hall–Kier alpha value is -1.63. The second-order valence-electron chi connectivity index (χ2n) is 11.1. The largest absolute Gasteiger partial charge is 0.264 e. The molecule has 152 valence electrons. The molecule has 0 aliphatic heterocycles. The molecule has 29 heavy (non-hydrogen) atoms. The van der Waals surface area contributed by atoms with Crippen molar-refractivity contribution in [2.75, 3.05) is 0 Å². The van der Waals surface area contributed by atoms with Crippen molar-refractivity contribution in [3.05, 3.63) is 48.3 Å². The van der Waals surface area contributed by atoms with Crippen LogP contribution in [-0.2, 0) is 0 Å². The summed E-state index contributed by atoms with van der Waals surface area (Å²) < 4.78 is 0. The number of benzene rings is 1. The smallest absolute Gasteiger partial charge is 0.0346 e. The van der Waals surface area contributed by atoms with Crippen molar-refractivity contribution in [3.8, 4) is 0 Å². The summed E-state index contributed by atoms with van der Waals surface area (Å²) in [6, 6.07) is 9.04. The number of allylic oxidation sites excluding steroid dienone is 2. The Kier molecular flexibility index (Phi) is 4.19. The second kappa shape index (κ2) is 6.69. The van der Waals surface area contributed by atoms with Gasteiger partial charge in [-0.1, -0.05) is 44.5 Å². The lowest BCUT2D eigenvalue weighted by Crippen LogP contribution is -2.47. The van der Waals surface area contributed by atoms with Crippen molar-refractivity contribution in [1.29, 1.82) is 0 Å². The zero-order chi connectivity index (χ0) is 19.6. The van der Waals surface area contributed by atoms with Gasteiger partial charge in [0.05, 0.1) is 0 Å². The van der Waals surface area contributed by atoms with E-state index in [1.54, 1.807) is 5.57 Å². The molecule has 0 amide bonds. The van der Waals surface area contributed by atoms with Gasteiger partial charge in [0, 0.05) is 17.8 Å². The molecule has 0 spiro atoms. The third-order valence-electron chi connectivity index (χ3n) is 9.77. The first-order chi connectivity index (χ1) is 14.1. The first-order valence-electron chi connectivity index (χ1n) is 12.2. The van der Waals surface area contributed by atoms with Crippen molar-refractivity contribution in [1.82, 2.24) is 4.98 Å². The summed E-state index contributed by atoms with van der Waals surface area (Å²) in [4.78, 5) is 4.36. The topological polar surface area (TPSA) is 12.9 Å². The molecule has 0 saturated heterocycles. The molecule has 1 heteroatoms. The van der Waals surface area contributed by atoms with E-state index < -0.39 is 0 Å². The van der Waals surface area contributed by atoms with E-state index in [4.69, 9.17) is 0 Å². The molecule has 0 radical (unpaired) electrons. The van der Waals surface area contributed by atoms with Crippen LogP contribution in [0.15, 0.2) is 42.7 Å². The fraction of sp³-hybridized carbons (Fsp3) is 0.607. The van der Waals surface area contributed by atoms with E-state index >= 15 is 0 Å². The lowest BCUT2D eigenvalue weighted by molar-refractivity contribution is -0.0442. The molecule has 7 atom stereocenters. The Morgan fingerprint density at radius 3 is 2.79 bits per heavy atom. The average molecular weight is 386 g/mol. The fourth-order valence-electron chi connectivity index (χ4n) is 8.43. The Morgan fingerprint density at radius 2 is 1.86 bits per heavy atom. The maximum absolute atomic E-state index is 4.36. The zero-order valence-electron chi connectivity index (χ0n) is 18.1. The second-order valence-corrected chi connectivity index (χ2v) is 11.1. The highest BCUT2D eigenvalue weighted by molar-refractivity contribution is 5.95. The number of rotatable bonds is 1. The van der Waals surface area contributed by atoms with Crippen molar-refractivity contribution in [3.63, 3.8) is 0 Å². The number of hydrogen-bond acceptors (Lipinski definition) is 1. The van der Waals surface area contributed by atoms with Gasteiger partial charge < -0.3 is 0 Å². The highest BCUT2D eigenvalue weighted by Crippen LogP contribution is 2.64. The molecular weight excluding hydrogens is 350 g/mol. The van der Waals surface area contributed by atoms with Gasteiger partial charge in [-0.15, -0.1) is 0 Å². The van der Waals surface area contributed by atoms with Gasteiger partial charge >= 0.3 is 0 Å². The van der Waals surface area contributed by atoms with Crippen LogP contribution in [0.3, 0.4) is 0 Å². The van der Waals surface area contributed by atoms with E-state index in [1.807, 2.05) is 12.4 Å². The van der Waals surface area contributed by atoms with Gasteiger partial charge in [-0.05, 0) is 108 Å². The van der Waals surface area contributed by atoms with E-state index in [-0.39, 0.29) is 0 Å². The van der Waals surface area contributed by atoms with Crippen LogP contribution in [0.5, 0.6) is 0 Å². The van der Waals surface area contributed by atoms with Crippen molar-refractivity contribution >= 4 is 16.3 Å². The van der Waals surface area contributed by atoms with Crippen molar-refractivity contribution < 1.29 is 0 Å². The van der Waals surface area contributed by atoms with Crippen LogP contribution < -0.4 is 0 Å². The van der Waals surface area contributed by atoms with E-state index in [2.05, 4.69) is 49.2 Å². The quantitative estimate of drug-likeness (QED) is 0.495. The first kappa shape index (κ1) is 18.2. The molecule has 1 aromatic heterocycles. The van der Waals surface area contributed by atoms with Crippen LogP contribution in [0.4, 0.5) is 0 Å². The lowest BCUT2D eigenvalue weighted by atomic mass is 9.49. The molecule has 0 bridgehead atoms. The van der Waals surface area contributed by atoms with Crippen LogP contribution in [0, 0.1) is 40.9 Å². The summed E-state index contributed by atoms with van der Waals surface area (Å²) in [5.41, 5.74) is 3.50. The summed E-state index contributed by atoms with van der Waals surface area (Å²) in [6.07, 6.45) is 18.3. The minimum Gasteiger partial charge on any atom is -0.264 e. The van der Waals surface area contributed by atoms with Crippen LogP contribution in [0.25, 0.3) is 16.3 Å². The van der Waals surface area contributed by atoms with Crippen LogP contribution >= 0.6 is 0 Å². The third-order valence-corrected chi connectivity index (χ3v) is 9.77. The molecule has 1 aromatic carbocycles. The van der Waals surface area contributed by atoms with E-state index in [0.29, 0.717) is 5.41 Å². The van der Waals surface area contributed by atoms with Crippen LogP contribution in [0.2, 0.25) is 0 Å². The third kappa shape index (κ3) is 2.69. The Bertz CT molecular complexity index is 952. The molecule has 0 N–H and O–H groups in total. The summed E-state index contributed by atoms with van der Waals surface area (Å²) >= 11 is 0. The number of pyridine rings is 1. The van der Waals surface area contributed by atoms with E-state index in [0.717, 1.165) is 35.5 Å². The normalized spacial score (nSPS) is 41.4. The van der Waals surface area contributed by atoms with Crippen molar-refractivity contribution in [2.24, 2.45) is 40.9 Å². The van der Waals surface area contributed by atoms with Gasteiger partial charge in [0.15, 0.2) is 0 Å². The standard InChI is InChI=1S/C28H35N/c1-18-6-8-21-19(16-18)7-9-25-23(21)12-14-28(2)26(10-11-27(25)28)24-5-3-4-20-17-29-15-13-22(20)24/h3-5,10,13,15,17-19,21,23,25,27H,6-9,11-12,14,16H2,1-2H3/t18-,19-,21-,23+,25+,27-,28+/m0/s1. The highest BCUT2D eigenvalue weighted by Gasteiger charge is 2.54. The van der Waals surface area contributed by atoms with Gasteiger partial charge in [-0.2, -0.15) is 0 Å². The minimum absolute atomic E-state index is 0.369. The highest BCUT2D eigenvalue weighted by atomic mass is 14.6. The molecule has 3 fully saturated rings. The summed E-state index contributed by atoms with van der Waals surface area (Å²) in [6.45, 7) is 5.11. The number of aromatic nitrogens is 1. The molecule has 4 aliphatic rings. The number of fused-ring (bicyclic) bond motifs is 6. The first-order valence-corrected chi connectivity index (χ1v) is 12.2. The Balaban J connectivity index is 1.33. The Labute approximate surface area is 176 Å². The Morgan fingerprint density at radius 1 is 0.966 bits per heavy atom. The van der Waals surface area contributed by atoms with Crippen LogP contribution in [0.1, 0.15) is 70.8 Å². The van der Waals surface area contributed by atoms with Gasteiger partial charge in [-0.25, -0.2) is 0 Å². The maximum atomic E-state index is 4.36. The molecular formula is C28H35N. The molecule has 6 rings (SSSR count). The molecule has 2 aromatic rings. The monoisotopic (exact) mass is 385 g/mol. The zero-order valence-corrected chi connectivity index (χ0v) is 18.1. The van der Waals surface area contributed by atoms with E-state index in [1.165, 1.54) is 67.7 Å². The fourth-order valence-corrected chi connectivity index (χ4v) is 8.43.